The van der Waals surface area contributed by atoms with Crippen LogP contribution >= 0.6 is 0 Å². The fourth-order valence-electron chi connectivity index (χ4n) is 7.41. The highest BCUT2D eigenvalue weighted by Crippen LogP contribution is 2.65. The summed E-state index contributed by atoms with van der Waals surface area (Å²) >= 11 is 0. The maximum absolute atomic E-state index is 13.4. The first-order valence-electron chi connectivity index (χ1n) is 14.5. The minimum atomic E-state index is -0.531. The third-order valence-corrected chi connectivity index (χ3v) is 9.59. The van der Waals surface area contributed by atoms with E-state index < -0.39 is 12.7 Å². The van der Waals surface area contributed by atoms with Crippen molar-refractivity contribution in [2.24, 2.45) is 23.2 Å². The highest BCUT2D eigenvalue weighted by atomic mass is 16.7. The number of nitrogens with zero attached hydrogens (tertiary/aromatic N) is 1. The minimum absolute atomic E-state index is 0.0150. The zero-order chi connectivity index (χ0) is 27.3. The zero-order valence-corrected chi connectivity index (χ0v) is 24.0. The molecule has 1 aromatic carbocycles. The Morgan fingerprint density at radius 3 is 2.61 bits per heavy atom. The summed E-state index contributed by atoms with van der Waals surface area (Å²) in [5, 5.41) is 3.29. The second kappa shape index (κ2) is 10.2. The molecule has 2 heterocycles. The maximum atomic E-state index is 13.4. The Hall–Kier alpha value is -2.06. The average Bonchev–Trinajstić information content (AvgIpc) is 3.20. The number of piperidine rings is 1. The summed E-state index contributed by atoms with van der Waals surface area (Å²) in [6.45, 7) is 13.8. The summed E-state index contributed by atoms with van der Waals surface area (Å²) < 4.78 is 18.9. The maximum Gasteiger partial charge on any atom is 0.482 e. The van der Waals surface area contributed by atoms with Crippen LogP contribution in [0.3, 0.4) is 0 Å². The Kier molecular flexibility index (Phi) is 7.36. The number of benzene rings is 1. The molecule has 6 atom stereocenters. The van der Waals surface area contributed by atoms with Gasteiger partial charge in [0.2, 0.25) is 5.91 Å². The predicted octanol–water partition coefficient (Wildman–Crippen LogP) is 5.02. The summed E-state index contributed by atoms with van der Waals surface area (Å²) in [5.74, 6) is 0.955. The van der Waals surface area contributed by atoms with Gasteiger partial charge in [-0.05, 0) is 88.5 Å². The number of carbonyl (C=O) groups is 2. The van der Waals surface area contributed by atoms with E-state index >= 15 is 0 Å². The summed E-state index contributed by atoms with van der Waals surface area (Å²) in [6.07, 6.45) is 4.80. The van der Waals surface area contributed by atoms with Gasteiger partial charge in [0, 0.05) is 19.5 Å². The van der Waals surface area contributed by atoms with Gasteiger partial charge in [-0.25, -0.2) is 4.79 Å². The highest BCUT2D eigenvalue weighted by molar-refractivity contribution is 6.48. The van der Waals surface area contributed by atoms with Gasteiger partial charge in [0.05, 0.1) is 17.6 Å². The van der Waals surface area contributed by atoms with Gasteiger partial charge in [-0.2, -0.15) is 0 Å². The van der Waals surface area contributed by atoms with E-state index in [-0.39, 0.29) is 41.0 Å². The molecule has 7 nitrogen and oxygen atoms in total. The first-order chi connectivity index (χ1) is 17.8. The summed E-state index contributed by atoms with van der Waals surface area (Å²) in [5.41, 5.74) is 0.558. The Morgan fingerprint density at radius 1 is 1.18 bits per heavy atom. The van der Waals surface area contributed by atoms with Gasteiger partial charge < -0.3 is 24.3 Å². The molecule has 3 aliphatic carbocycles. The topological polar surface area (TPSA) is 77.1 Å². The predicted molar refractivity (Wildman–Crippen MR) is 147 cm³/mol. The summed E-state index contributed by atoms with van der Waals surface area (Å²) in [7, 11) is -0.478. The SMILES string of the molecule is CC(C)(C)OC(=O)N1CCC[C@H](CC(=O)N[C@@H](Cc2ccccc2)B2O[C@@H]3C[C@@H]4C[C@@H](C4(C)C)[C@]3(C)O2)C1. The van der Waals surface area contributed by atoms with Crippen LogP contribution in [0.15, 0.2) is 30.3 Å². The summed E-state index contributed by atoms with van der Waals surface area (Å²) in [6, 6.07) is 10.2. The summed E-state index contributed by atoms with van der Waals surface area (Å²) in [4.78, 5) is 27.7. The lowest BCUT2D eigenvalue weighted by molar-refractivity contribution is -0.199. The van der Waals surface area contributed by atoms with Gasteiger partial charge in [-0.15, -0.1) is 0 Å². The molecule has 0 aromatic heterocycles. The van der Waals surface area contributed by atoms with Crippen LogP contribution in [-0.2, 0) is 25.3 Å². The standard InChI is InChI=1S/C30H45BN2O5/c1-28(2,3)36-27(35)33-14-10-13-21(19-33)16-26(34)32-25(15-20-11-8-7-9-12-20)31-37-24-18-22-17-23(29(22,4)5)30(24,6)38-31/h7-9,11-12,21-25H,10,13-19H2,1-6H3,(H,32,34)/t21-,22+,23+,24-,25+,30+/m1/s1. The van der Waals surface area contributed by atoms with E-state index in [1.165, 1.54) is 6.42 Å². The van der Waals surface area contributed by atoms with E-state index in [4.69, 9.17) is 14.0 Å². The molecule has 5 aliphatic rings. The second-order valence-electron chi connectivity index (χ2n) is 13.8. The van der Waals surface area contributed by atoms with E-state index in [1.54, 1.807) is 4.90 Å². The van der Waals surface area contributed by atoms with Crippen molar-refractivity contribution in [1.29, 1.82) is 0 Å². The van der Waals surface area contributed by atoms with Crippen molar-refractivity contribution >= 4 is 19.1 Å². The average molecular weight is 525 g/mol. The molecule has 6 rings (SSSR count). The third kappa shape index (κ3) is 5.49. The van der Waals surface area contributed by atoms with Gasteiger partial charge in [-0.3, -0.25) is 4.79 Å². The monoisotopic (exact) mass is 524 g/mol. The van der Waals surface area contributed by atoms with Crippen LogP contribution in [-0.4, -0.2) is 60.4 Å². The number of nitrogens with one attached hydrogen (secondary N) is 1. The lowest BCUT2D eigenvalue weighted by Crippen LogP contribution is -2.65. The Morgan fingerprint density at radius 2 is 1.92 bits per heavy atom. The molecule has 5 fully saturated rings. The molecule has 2 aliphatic heterocycles. The van der Waals surface area contributed by atoms with Crippen molar-refractivity contribution in [3.05, 3.63) is 35.9 Å². The van der Waals surface area contributed by atoms with Gasteiger partial charge in [0.15, 0.2) is 0 Å². The number of hydrogen-bond donors (Lipinski definition) is 1. The van der Waals surface area contributed by atoms with Crippen LogP contribution in [0.25, 0.3) is 0 Å². The fraction of sp³-hybridized carbons (Fsp3) is 0.733. The van der Waals surface area contributed by atoms with Gasteiger partial charge in [0.1, 0.15) is 5.60 Å². The van der Waals surface area contributed by atoms with E-state index in [9.17, 15) is 9.59 Å². The smallest absolute Gasteiger partial charge is 0.444 e. The van der Waals surface area contributed by atoms with Crippen LogP contribution < -0.4 is 5.32 Å². The fourth-order valence-corrected chi connectivity index (χ4v) is 7.41. The van der Waals surface area contributed by atoms with Crippen LogP contribution in [0.1, 0.15) is 79.2 Å². The van der Waals surface area contributed by atoms with Crippen LogP contribution in [0.2, 0.25) is 0 Å². The zero-order valence-electron chi connectivity index (χ0n) is 24.0. The molecule has 208 valence electrons. The largest absolute Gasteiger partial charge is 0.482 e. The molecule has 38 heavy (non-hydrogen) atoms. The lowest BCUT2D eigenvalue weighted by atomic mass is 9.43. The van der Waals surface area contributed by atoms with Crippen LogP contribution in [0.5, 0.6) is 0 Å². The van der Waals surface area contributed by atoms with Gasteiger partial charge >= 0.3 is 13.2 Å². The minimum Gasteiger partial charge on any atom is -0.444 e. The van der Waals surface area contributed by atoms with Crippen LogP contribution in [0, 0.1) is 23.2 Å². The van der Waals surface area contributed by atoms with E-state index in [1.807, 2.05) is 39.0 Å². The van der Waals surface area contributed by atoms with Crippen molar-refractivity contribution in [2.75, 3.05) is 13.1 Å². The van der Waals surface area contributed by atoms with E-state index in [0.717, 1.165) is 24.8 Å². The van der Waals surface area contributed by atoms with Crippen molar-refractivity contribution in [3.8, 4) is 0 Å². The van der Waals surface area contributed by atoms with Crippen LogP contribution in [0.4, 0.5) is 4.79 Å². The Labute approximate surface area is 228 Å². The molecule has 1 aromatic rings. The molecule has 2 bridgehead atoms. The molecule has 3 saturated carbocycles. The number of ether oxygens (including phenoxy) is 1. The van der Waals surface area contributed by atoms with Crippen molar-refractivity contribution in [3.63, 3.8) is 0 Å². The molecule has 2 amide bonds. The number of rotatable bonds is 6. The van der Waals surface area contributed by atoms with Gasteiger partial charge in [0.25, 0.3) is 0 Å². The number of amides is 2. The number of hydrogen-bond acceptors (Lipinski definition) is 5. The molecular weight excluding hydrogens is 479 g/mol. The molecule has 2 saturated heterocycles. The molecular formula is C30H45BN2O5. The number of likely N-dealkylation sites (tertiary alicyclic amines) is 1. The highest BCUT2D eigenvalue weighted by Gasteiger charge is 2.68. The molecule has 0 spiro atoms. The third-order valence-electron chi connectivity index (χ3n) is 9.59. The molecule has 8 heteroatoms. The van der Waals surface area contributed by atoms with E-state index in [0.29, 0.717) is 37.8 Å². The first-order valence-corrected chi connectivity index (χ1v) is 14.5. The second-order valence-corrected chi connectivity index (χ2v) is 13.8. The first kappa shape index (κ1) is 27.5. The molecule has 1 N–H and O–H groups in total. The van der Waals surface area contributed by atoms with E-state index in [2.05, 4.69) is 38.2 Å². The number of carbonyl (C=O) groups excluding carboxylic acids is 2. The molecule has 0 radical (unpaired) electrons. The quantitative estimate of drug-likeness (QED) is 0.529. The normalized spacial score (nSPS) is 32.7. The lowest BCUT2D eigenvalue weighted by Gasteiger charge is -2.64. The Bertz CT molecular complexity index is 1030. The van der Waals surface area contributed by atoms with Crippen molar-refractivity contribution < 1.29 is 23.6 Å². The van der Waals surface area contributed by atoms with Crippen molar-refractivity contribution in [1.82, 2.24) is 10.2 Å². The van der Waals surface area contributed by atoms with Gasteiger partial charge in [-0.1, -0.05) is 44.2 Å². The Balaban J connectivity index is 1.24. The molecule has 0 unspecified atom stereocenters. The van der Waals surface area contributed by atoms with Crippen molar-refractivity contribution in [2.45, 2.75) is 103 Å².